The first-order chi connectivity index (χ1) is 7.22. The lowest BCUT2D eigenvalue weighted by Gasteiger charge is -2.54. The van der Waals surface area contributed by atoms with Crippen LogP contribution in [0.3, 0.4) is 0 Å². The van der Waals surface area contributed by atoms with Crippen LogP contribution in [0, 0.1) is 34.7 Å². The number of carbonyl (C=O) groups is 1. The molecule has 0 spiro atoms. The summed E-state index contributed by atoms with van der Waals surface area (Å²) in [6.45, 7) is 0. The Morgan fingerprint density at radius 3 is 2.00 bits per heavy atom. The molecule has 0 aromatic carbocycles. The summed E-state index contributed by atoms with van der Waals surface area (Å²) in [6, 6.07) is 0. The third-order valence-electron chi connectivity index (χ3n) is 4.61. The first-order valence-corrected chi connectivity index (χ1v) is 5.82. The molecule has 0 atom stereocenters. The summed E-state index contributed by atoms with van der Waals surface area (Å²) in [5.74, 6) is 1.93. The zero-order chi connectivity index (χ0) is 10.5. The van der Waals surface area contributed by atoms with Crippen molar-refractivity contribution in [1.29, 1.82) is 5.26 Å². The van der Waals surface area contributed by atoms with Gasteiger partial charge in [-0.3, -0.25) is 4.79 Å². The molecule has 0 amide bonds. The van der Waals surface area contributed by atoms with Gasteiger partial charge in [0.1, 0.15) is 0 Å². The van der Waals surface area contributed by atoms with E-state index in [4.69, 9.17) is 5.26 Å². The van der Waals surface area contributed by atoms with Crippen molar-refractivity contribution < 1.29 is 9.53 Å². The molecule has 15 heavy (non-hydrogen) atoms. The number of rotatable bonds is 1. The highest BCUT2D eigenvalue weighted by Crippen LogP contribution is 2.60. The maximum Gasteiger partial charge on any atom is 0.327 e. The van der Waals surface area contributed by atoms with E-state index in [-0.39, 0.29) is 11.4 Å². The van der Waals surface area contributed by atoms with Crippen molar-refractivity contribution in [3.05, 3.63) is 0 Å². The van der Waals surface area contributed by atoms with Gasteiger partial charge in [0, 0.05) is 0 Å². The van der Waals surface area contributed by atoms with E-state index in [1.807, 2.05) is 0 Å². The highest BCUT2D eigenvalue weighted by atomic mass is 16.5. The van der Waals surface area contributed by atoms with Gasteiger partial charge in [0.15, 0.2) is 0 Å². The van der Waals surface area contributed by atoms with Crippen LogP contribution in [0.15, 0.2) is 0 Å². The van der Waals surface area contributed by atoms with E-state index in [1.165, 1.54) is 19.3 Å². The van der Waals surface area contributed by atoms with Crippen molar-refractivity contribution in [1.82, 2.24) is 0 Å². The average Bonchev–Trinajstić information content (AvgIpc) is 2.15. The molecule has 0 heterocycles. The number of carbonyl (C=O) groups excluding carboxylic acids is 1. The Balaban J connectivity index is 1.87. The summed E-state index contributed by atoms with van der Waals surface area (Å²) in [7, 11) is 0. The lowest BCUT2D eigenvalue weighted by molar-refractivity contribution is -0.164. The van der Waals surface area contributed by atoms with E-state index in [9.17, 15) is 4.79 Å². The SMILES string of the molecule is N#COC(=O)C12CC3CC(CC(C3)C1)C2. The standard InChI is InChI=1S/C12H15NO2/c13-7-15-11(14)12-4-8-1-9(5-12)3-10(2-8)6-12/h8-10H,1-6H2. The fraction of sp³-hybridized carbons (Fsp3) is 0.833. The van der Waals surface area contributed by atoms with Gasteiger partial charge in [0.25, 0.3) is 6.26 Å². The molecule has 4 saturated carbocycles. The van der Waals surface area contributed by atoms with Crippen LogP contribution in [0.2, 0.25) is 0 Å². The molecule has 0 saturated heterocycles. The summed E-state index contributed by atoms with van der Waals surface area (Å²) < 4.78 is 4.59. The van der Waals surface area contributed by atoms with Crippen molar-refractivity contribution in [3.8, 4) is 6.26 Å². The third-order valence-corrected chi connectivity index (χ3v) is 4.61. The Kier molecular flexibility index (Phi) is 1.83. The highest BCUT2D eigenvalue weighted by Gasteiger charge is 2.55. The third kappa shape index (κ3) is 1.27. The molecular formula is C12H15NO2. The van der Waals surface area contributed by atoms with E-state index >= 15 is 0 Å². The second-order valence-corrected chi connectivity index (χ2v) is 5.68. The minimum atomic E-state index is -0.273. The van der Waals surface area contributed by atoms with E-state index < -0.39 is 0 Å². The van der Waals surface area contributed by atoms with E-state index in [0.717, 1.165) is 37.0 Å². The molecule has 4 fully saturated rings. The van der Waals surface area contributed by atoms with Gasteiger partial charge in [0.2, 0.25) is 0 Å². The molecule has 0 aliphatic heterocycles. The summed E-state index contributed by atoms with van der Waals surface area (Å²) in [6.07, 6.45) is 8.37. The first kappa shape index (κ1) is 9.21. The fourth-order valence-electron chi connectivity index (χ4n) is 4.51. The Morgan fingerprint density at radius 2 is 1.60 bits per heavy atom. The summed E-state index contributed by atoms with van der Waals surface area (Å²) in [5, 5.41) is 8.45. The van der Waals surface area contributed by atoms with Crippen molar-refractivity contribution in [2.45, 2.75) is 38.5 Å². The maximum atomic E-state index is 11.9. The van der Waals surface area contributed by atoms with Crippen LogP contribution < -0.4 is 0 Å². The Hall–Kier alpha value is -1.04. The van der Waals surface area contributed by atoms with Crippen molar-refractivity contribution >= 4 is 5.97 Å². The predicted molar refractivity (Wildman–Crippen MR) is 52.3 cm³/mol. The molecule has 4 aliphatic carbocycles. The monoisotopic (exact) mass is 205 g/mol. The molecule has 0 aromatic heterocycles. The van der Waals surface area contributed by atoms with Crippen LogP contribution in [-0.2, 0) is 9.53 Å². The topological polar surface area (TPSA) is 50.1 Å². The average molecular weight is 205 g/mol. The number of nitriles is 1. The largest absolute Gasteiger partial charge is 0.351 e. The van der Waals surface area contributed by atoms with E-state index in [1.54, 1.807) is 6.26 Å². The molecule has 0 aromatic rings. The van der Waals surface area contributed by atoms with Crippen molar-refractivity contribution in [2.24, 2.45) is 23.2 Å². The first-order valence-electron chi connectivity index (χ1n) is 5.82. The van der Waals surface area contributed by atoms with Crippen molar-refractivity contribution in [3.63, 3.8) is 0 Å². The molecule has 4 aliphatic rings. The molecule has 0 radical (unpaired) electrons. The summed E-state index contributed by atoms with van der Waals surface area (Å²) in [4.78, 5) is 11.9. The Morgan fingerprint density at radius 1 is 1.13 bits per heavy atom. The van der Waals surface area contributed by atoms with Crippen molar-refractivity contribution in [2.75, 3.05) is 0 Å². The smallest absolute Gasteiger partial charge is 0.327 e. The lowest BCUT2D eigenvalue weighted by atomic mass is 9.49. The van der Waals surface area contributed by atoms with E-state index in [2.05, 4.69) is 4.74 Å². The maximum absolute atomic E-state index is 11.9. The van der Waals surface area contributed by atoms with E-state index in [0.29, 0.717) is 0 Å². The van der Waals surface area contributed by atoms with Crippen LogP contribution in [0.25, 0.3) is 0 Å². The molecule has 0 N–H and O–H groups in total. The Bertz CT molecular complexity index is 307. The van der Waals surface area contributed by atoms with Crippen LogP contribution >= 0.6 is 0 Å². The minimum Gasteiger partial charge on any atom is -0.351 e. The summed E-state index contributed by atoms with van der Waals surface area (Å²) >= 11 is 0. The molecule has 3 heteroatoms. The van der Waals surface area contributed by atoms with Gasteiger partial charge in [-0.05, 0) is 56.3 Å². The van der Waals surface area contributed by atoms with Gasteiger partial charge in [-0.2, -0.15) is 0 Å². The van der Waals surface area contributed by atoms with Gasteiger partial charge in [-0.1, -0.05) is 0 Å². The van der Waals surface area contributed by atoms with Gasteiger partial charge >= 0.3 is 5.97 Å². The number of hydrogen-bond donors (Lipinski definition) is 0. The molecule has 80 valence electrons. The summed E-state index contributed by atoms with van der Waals surface area (Å²) in [5.41, 5.74) is -0.273. The normalized spacial score (nSPS) is 46.2. The van der Waals surface area contributed by atoms with Crippen LogP contribution in [0.5, 0.6) is 0 Å². The van der Waals surface area contributed by atoms with Gasteiger partial charge < -0.3 is 4.74 Å². The second kappa shape index (κ2) is 2.98. The molecule has 0 unspecified atom stereocenters. The second-order valence-electron chi connectivity index (χ2n) is 5.68. The van der Waals surface area contributed by atoms with Gasteiger partial charge in [-0.15, -0.1) is 5.26 Å². The number of hydrogen-bond acceptors (Lipinski definition) is 3. The van der Waals surface area contributed by atoms with Gasteiger partial charge in [-0.25, -0.2) is 0 Å². The minimum absolute atomic E-state index is 0.246. The number of nitrogens with zero attached hydrogens (tertiary/aromatic N) is 1. The molecule has 4 rings (SSSR count). The van der Waals surface area contributed by atoms with Crippen LogP contribution in [0.4, 0.5) is 0 Å². The Labute approximate surface area is 89.4 Å². The van der Waals surface area contributed by atoms with Crippen LogP contribution in [0.1, 0.15) is 38.5 Å². The molecular weight excluding hydrogens is 190 g/mol. The fourth-order valence-corrected chi connectivity index (χ4v) is 4.51. The number of ether oxygens (including phenoxy) is 1. The molecule has 3 nitrogen and oxygen atoms in total. The number of esters is 1. The highest BCUT2D eigenvalue weighted by molar-refractivity contribution is 5.78. The predicted octanol–water partition coefficient (Wildman–Crippen LogP) is 2.23. The van der Waals surface area contributed by atoms with Gasteiger partial charge in [0.05, 0.1) is 5.41 Å². The van der Waals surface area contributed by atoms with Crippen LogP contribution in [-0.4, -0.2) is 5.97 Å². The quantitative estimate of drug-likeness (QED) is 0.487. The lowest BCUT2D eigenvalue weighted by Crippen LogP contribution is -2.50. The molecule has 4 bridgehead atoms. The zero-order valence-electron chi connectivity index (χ0n) is 8.74. The zero-order valence-corrected chi connectivity index (χ0v) is 8.74.